The molecule has 0 fully saturated rings. The molecule has 124 valence electrons. The molecule has 7 heteroatoms. The molecule has 0 saturated heterocycles. The summed E-state index contributed by atoms with van der Waals surface area (Å²) in [6.45, 7) is 1.84. The van der Waals surface area contributed by atoms with Crippen LogP contribution in [0.5, 0.6) is 17.2 Å². The zero-order valence-electron chi connectivity index (χ0n) is 12.7. The molecular formula is C17H13BrClNO4. The van der Waals surface area contributed by atoms with E-state index in [0.29, 0.717) is 33.2 Å². The van der Waals surface area contributed by atoms with E-state index in [0.717, 1.165) is 0 Å². The molecule has 5 nitrogen and oxygen atoms in total. The van der Waals surface area contributed by atoms with Gasteiger partial charge in [0, 0.05) is 6.07 Å². The van der Waals surface area contributed by atoms with Crippen molar-refractivity contribution in [3.63, 3.8) is 0 Å². The van der Waals surface area contributed by atoms with E-state index in [1.54, 1.807) is 37.3 Å². The van der Waals surface area contributed by atoms with Crippen LogP contribution in [0.4, 0.5) is 0 Å². The standard InChI is InChI=1S/C17H13BrClNO4/c1-2-22-15-8-11(9-20)7-12(18)17(15)24-16(21)10-23-14-6-4-3-5-13(14)19/h3-8H,2,10H2,1H3. The topological polar surface area (TPSA) is 68.5 Å². The van der Waals surface area contributed by atoms with Gasteiger partial charge in [0.1, 0.15) is 5.75 Å². The van der Waals surface area contributed by atoms with Crippen LogP contribution in [0.25, 0.3) is 0 Å². The fourth-order valence-corrected chi connectivity index (χ4v) is 2.55. The second-order valence-electron chi connectivity index (χ2n) is 4.52. The van der Waals surface area contributed by atoms with Crippen molar-refractivity contribution >= 4 is 33.5 Å². The van der Waals surface area contributed by atoms with Gasteiger partial charge in [-0.3, -0.25) is 0 Å². The number of carbonyl (C=O) groups is 1. The van der Waals surface area contributed by atoms with Crippen molar-refractivity contribution in [2.75, 3.05) is 13.2 Å². The smallest absolute Gasteiger partial charge is 0.349 e. The first kappa shape index (κ1) is 18.1. The summed E-state index contributed by atoms with van der Waals surface area (Å²) in [5, 5.41) is 9.40. The third-order valence-electron chi connectivity index (χ3n) is 2.84. The van der Waals surface area contributed by atoms with Gasteiger partial charge in [0.15, 0.2) is 18.1 Å². The average molecular weight is 411 g/mol. The quantitative estimate of drug-likeness (QED) is 0.523. The van der Waals surface area contributed by atoms with Gasteiger partial charge in [-0.25, -0.2) is 4.79 Å². The van der Waals surface area contributed by atoms with E-state index in [2.05, 4.69) is 15.9 Å². The van der Waals surface area contributed by atoms with Crippen LogP contribution >= 0.6 is 27.5 Å². The monoisotopic (exact) mass is 409 g/mol. The van der Waals surface area contributed by atoms with Crippen LogP contribution in [0, 0.1) is 11.3 Å². The van der Waals surface area contributed by atoms with Gasteiger partial charge in [-0.05, 0) is 41.1 Å². The third kappa shape index (κ3) is 4.63. The predicted molar refractivity (Wildman–Crippen MR) is 92.6 cm³/mol. The minimum atomic E-state index is -0.624. The highest BCUT2D eigenvalue weighted by Crippen LogP contribution is 2.37. The van der Waals surface area contributed by atoms with E-state index in [1.807, 2.05) is 6.07 Å². The molecule has 0 spiro atoms. The number of rotatable bonds is 6. The molecule has 0 aliphatic rings. The molecule has 0 bridgehead atoms. The normalized spacial score (nSPS) is 9.92. The highest BCUT2D eigenvalue weighted by molar-refractivity contribution is 9.10. The number of nitriles is 1. The number of hydrogen-bond donors (Lipinski definition) is 0. The van der Waals surface area contributed by atoms with Crippen LogP contribution in [0.15, 0.2) is 40.9 Å². The Morgan fingerprint density at radius 2 is 2.00 bits per heavy atom. The van der Waals surface area contributed by atoms with Gasteiger partial charge in [-0.2, -0.15) is 5.26 Å². The lowest BCUT2D eigenvalue weighted by atomic mass is 10.2. The Bertz CT molecular complexity index is 789. The Hall–Kier alpha value is -2.23. The summed E-state index contributed by atoms with van der Waals surface area (Å²) in [5.41, 5.74) is 0.387. The highest BCUT2D eigenvalue weighted by Gasteiger charge is 2.17. The van der Waals surface area contributed by atoms with Crippen molar-refractivity contribution in [3.05, 3.63) is 51.5 Å². The van der Waals surface area contributed by atoms with Crippen LogP contribution < -0.4 is 14.2 Å². The lowest BCUT2D eigenvalue weighted by Crippen LogP contribution is -2.18. The summed E-state index contributed by atoms with van der Waals surface area (Å²) in [6.07, 6.45) is 0. The Kier molecular flexibility index (Phi) is 6.47. The van der Waals surface area contributed by atoms with Gasteiger partial charge in [0.25, 0.3) is 0 Å². The number of ether oxygens (including phenoxy) is 3. The molecule has 0 radical (unpaired) electrons. The van der Waals surface area contributed by atoms with Crippen molar-refractivity contribution < 1.29 is 19.0 Å². The molecule has 0 N–H and O–H groups in total. The number of esters is 1. The first-order valence-electron chi connectivity index (χ1n) is 6.99. The summed E-state index contributed by atoms with van der Waals surface area (Å²) < 4.78 is 16.5. The Labute approximate surface area is 152 Å². The molecule has 0 aromatic heterocycles. The molecule has 0 unspecified atom stereocenters. The van der Waals surface area contributed by atoms with E-state index in [9.17, 15) is 4.79 Å². The lowest BCUT2D eigenvalue weighted by Gasteiger charge is -2.13. The van der Waals surface area contributed by atoms with Gasteiger partial charge < -0.3 is 14.2 Å². The Morgan fingerprint density at radius 1 is 1.25 bits per heavy atom. The molecule has 2 rings (SSSR count). The highest BCUT2D eigenvalue weighted by atomic mass is 79.9. The zero-order chi connectivity index (χ0) is 17.5. The van der Waals surface area contributed by atoms with E-state index < -0.39 is 5.97 Å². The van der Waals surface area contributed by atoms with Crippen molar-refractivity contribution in [1.82, 2.24) is 0 Å². The van der Waals surface area contributed by atoms with Crippen LogP contribution in [-0.2, 0) is 4.79 Å². The molecular weight excluding hydrogens is 398 g/mol. The van der Waals surface area contributed by atoms with Gasteiger partial charge in [0.2, 0.25) is 0 Å². The predicted octanol–water partition coefficient (Wildman–Crippen LogP) is 4.36. The fraction of sp³-hybridized carbons (Fsp3) is 0.176. The first-order valence-corrected chi connectivity index (χ1v) is 8.16. The van der Waals surface area contributed by atoms with Gasteiger partial charge in [-0.15, -0.1) is 0 Å². The molecule has 0 aliphatic carbocycles. The van der Waals surface area contributed by atoms with Crippen LogP contribution in [-0.4, -0.2) is 19.2 Å². The molecule has 2 aromatic rings. The van der Waals surface area contributed by atoms with Crippen LogP contribution in [0.1, 0.15) is 12.5 Å². The lowest BCUT2D eigenvalue weighted by molar-refractivity contribution is -0.136. The second-order valence-corrected chi connectivity index (χ2v) is 5.78. The van der Waals surface area contributed by atoms with Crippen molar-refractivity contribution in [2.24, 2.45) is 0 Å². The molecule has 0 amide bonds. The van der Waals surface area contributed by atoms with E-state index in [1.165, 1.54) is 6.07 Å². The van der Waals surface area contributed by atoms with Crippen LogP contribution in [0.2, 0.25) is 5.02 Å². The third-order valence-corrected chi connectivity index (χ3v) is 3.74. The molecule has 2 aromatic carbocycles. The average Bonchev–Trinajstić information content (AvgIpc) is 2.57. The summed E-state index contributed by atoms with van der Waals surface area (Å²) in [4.78, 5) is 12.0. The Balaban J connectivity index is 2.11. The summed E-state index contributed by atoms with van der Waals surface area (Å²) in [6, 6.07) is 11.9. The number of para-hydroxylation sites is 1. The minimum absolute atomic E-state index is 0.198. The molecule has 24 heavy (non-hydrogen) atoms. The van der Waals surface area contributed by atoms with E-state index >= 15 is 0 Å². The maximum Gasteiger partial charge on any atom is 0.349 e. The maximum atomic E-state index is 12.0. The fourth-order valence-electron chi connectivity index (χ4n) is 1.84. The van der Waals surface area contributed by atoms with Crippen molar-refractivity contribution in [3.8, 4) is 23.3 Å². The van der Waals surface area contributed by atoms with Crippen molar-refractivity contribution in [2.45, 2.75) is 6.92 Å². The van der Waals surface area contributed by atoms with Crippen molar-refractivity contribution in [1.29, 1.82) is 5.26 Å². The van der Waals surface area contributed by atoms with Gasteiger partial charge in [0.05, 0.1) is 27.7 Å². The van der Waals surface area contributed by atoms with Gasteiger partial charge >= 0.3 is 5.97 Å². The largest absolute Gasteiger partial charge is 0.490 e. The summed E-state index contributed by atoms with van der Waals surface area (Å²) in [5.74, 6) is 0.263. The summed E-state index contributed by atoms with van der Waals surface area (Å²) in [7, 11) is 0. The number of nitrogens with zero attached hydrogens (tertiary/aromatic N) is 1. The molecule has 0 saturated carbocycles. The number of halogens is 2. The van der Waals surface area contributed by atoms with Crippen LogP contribution in [0.3, 0.4) is 0 Å². The number of hydrogen-bond acceptors (Lipinski definition) is 5. The summed E-state index contributed by atoms with van der Waals surface area (Å²) >= 11 is 9.23. The first-order chi connectivity index (χ1) is 11.5. The molecule has 0 aliphatic heterocycles. The number of carbonyl (C=O) groups excluding carboxylic acids is 1. The maximum absolute atomic E-state index is 12.0. The Morgan fingerprint density at radius 3 is 2.67 bits per heavy atom. The molecule has 0 heterocycles. The zero-order valence-corrected chi connectivity index (χ0v) is 15.1. The van der Waals surface area contributed by atoms with E-state index in [-0.39, 0.29) is 12.4 Å². The molecule has 0 atom stereocenters. The number of benzene rings is 2. The van der Waals surface area contributed by atoms with Gasteiger partial charge in [-0.1, -0.05) is 23.7 Å². The minimum Gasteiger partial charge on any atom is -0.490 e. The van der Waals surface area contributed by atoms with E-state index in [4.69, 9.17) is 31.1 Å². The SMILES string of the molecule is CCOc1cc(C#N)cc(Br)c1OC(=O)COc1ccccc1Cl. The second kappa shape index (κ2) is 8.57.